The van der Waals surface area contributed by atoms with Crippen LogP contribution in [0.3, 0.4) is 0 Å². The van der Waals surface area contributed by atoms with E-state index < -0.39 is 10.0 Å². The molecule has 1 N–H and O–H groups in total. The monoisotopic (exact) mass is 363 g/mol. The Balaban J connectivity index is 1.42. The van der Waals surface area contributed by atoms with Gasteiger partial charge in [-0.1, -0.05) is 6.92 Å². The number of imidazole rings is 1. The lowest BCUT2D eigenvalue weighted by Crippen LogP contribution is -2.52. The van der Waals surface area contributed by atoms with Gasteiger partial charge >= 0.3 is 0 Å². The molecule has 1 unspecified atom stereocenters. The molecule has 2 bridgehead atoms. The minimum atomic E-state index is -3.14. The van der Waals surface area contributed by atoms with Crippen molar-refractivity contribution in [3.8, 4) is 0 Å². The summed E-state index contributed by atoms with van der Waals surface area (Å²) in [5.41, 5.74) is 1.88. The molecule has 1 saturated heterocycles. The van der Waals surface area contributed by atoms with Crippen molar-refractivity contribution in [2.24, 2.45) is 11.8 Å². The average molecular weight is 363 g/mol. The fraction of sp³-hybridized carbons (Fsp3) is 0.647. The molecule has 0 amide bonds. The normalized spacial score (nSPS) is 27.2. The van der Waals surface area contributed by atoms with Crippen molar-refractivity contribution in [1.29, 1.82) is 0 Å². The highest BCUT2D eigenvalue weighted by Crippen LogP contribution is 2.37. The predicted molar refractivity (Wildman–Crippen MR) is 95.5 cm³/mol. The average Bonchev–Trinajstić information content (AvgIpc) is 3.09. The summed E-state index contributed by atoms with van der Waals surface area (Å²) in [6, 6.07) is 4.12. The van der Waals surface area contributed by atoms with Crippen LogP contribution in [0.4, 0.5) is 0 Å². The van der Waals surface area contributed by atoms with E-state index >= 15 is 0 Å². The molecule has 7 nitrogen and oxygen atoms in total. The first-order valence-electron chi connectivity index (χ1n) is 9.06. The standard InChI is InChI=1S/C17H25N5O2S/c1-2-9-25(23,24)20-17-13-3-4-14(17)11-21(10-13)12-15-5-6-16-18-7-8-22(16)19-15/h5-8,13-14,17,20H,2-4,9-12H2,1H3/t13-,14+,17?. The zero-order valence-electron chi connectivity index (χ0n) is 14.5. The Bertz CT molecular complexity index is 836. The predicted octanol–water partition coefficient (Wildman–Crippen LogP) is 1.27. The first-order valence-corrected chi connectivity index (χ1v) is 10.7. The van der Waals surface area contributed by atoms with Crippen LogP contribution in [0.2, 0.25) is 0 Å². The number of hydrogen-bond donors (Lipinski definition) is 1. The SMILES string of the molecule is CCCS(=O)(=O)NC1[C@@H]2CC[C@H]1CN(Cc1ccc3nccn3n1)C2. The molecule has 25 heavy (non-hydrogen) atoms. The number of sulfonamides is 1. The van der Waals surface area contributed by atoms with E-state index in [9.17, 15) is 8.42 Å². The highest BCUT2D eigenvalue weighted by Gasteiger charge is 2.43. The van der Waals surface area contributed by atoms with Gasteiger partial charge in [0.25, 0.3) is 0 Å². The molecule has 1 aliphatic carbocycles. The van der Waals surface area contributed by atoms with Gasteiger partial charge in [0.05, 0.1) is 11.4 Å². The van der Waals surface area contributed by atoms with Crippen molar-refractivity contribution in [2.75, 3.05) is 18.8 Å². The van der Waals surface area contributed by atoms with Crippen LogP contribution in [-0.2, 0) is 16.6 Å². The van der Waals surface area contributed by atoms with E-state index in [-0.39, 0.29) is 11.8 Å². The first kappa shape index (κ1) is 16.9. The highest BCUT2D eigenvalue weighted by atomic mass is 32.2. The second kappa shape index (κ2) is 6.66. The van der Waals surface area contributed by atoms with Gasteiger partial charge in [-0.2, -0.15) is 5.10 Å². The van der Waals surface area contributed by atoms with Gasteiger partial charge in [0.15, 0.2) is 5.65 Å². The Morgan fingerprint density at radius 3 is 2.72 bits per heavy atom. The quantitative estimate of drug-likeness (QED) is 0.836. The third-order valence-corrected chi connectivity index (χ3v) is 6.97. The lowest BCUT2D eigenvalue weighted by atomic mass is 9.93. The molecule has 2 aliphatic rings. The highest BCUT2D eigenvalue weighted by molar-refractivity contribution is 7.89. The van der Waals surface area contributed by atoms with Crippen molar-refractivity contribution in [3.63, 3.8) is 0 Å². The van der Waals surface area contributed by atoms with Crippen LogP contribution < -0.4 is 4.72 Å². The lowest BCUT2D eigenvalue weighted by Gasteiger charge is -2.38. The summed E-state index contributed by atoms with van der Waals surface area (Å²) < 4.78 is 29.1. The summed E-state index contributed by atoms with van der Waals surface area (Å²) in [7, 11) is -3.14. The van der Waals surface area contributed by atoms with E-state index in [1.54, 1.807) is 10.7 Å². The smallest absolute Gasteiger partial charge is 0.211 e. The van der Waals surface area contributed by atoms with E-state index in [1.807, 2.05) is 25.3 Å². The molecule has 1 saturated carbocycles. The van der Waals surface area contributed by atoms with Crippen molar-refractivity contribution < 1.29 is 8.42 Å². The summed E-state index contributed by atoms with van der Waals surface area (Å²) in [4.78, 5) is 6.64. The van der Waals surface area contributed by atoms with Gasteiger partial charge in [0, 0.05) is 38.1 Å². The molecule has 0 spiro atoms. The van der Waals surface area contributed by atoms with E-state index in [0.29, 0.717) is 18.3 Å². The molecule has 3 atom stereocenters. The molecular weight excluding hydrogens is 338 g/mol. The lowest BCUT2D eigenvalue weighted by molar-refractivity contribution is 0.132. The fourth-order valence-electron chi connectivity index (χ4n) is 4.34. The maximum Gasteiger partial charge on any atom is 0.211 e. The van der Waals surface area contributed by atoms with Gasteiger partial charge < -0.3 is 0 Å². The van der Waals surface area contributed by atoms with E-state index in [0.717, 1.165) is 43.8 Å². The minimum Gasteiger partial charge on any atom is -0.297 e. The Labute approximate surface area is 148 Å². The van der Waals surface area contributed by atoms with Crippen LogP contribution in [0, 0.1) is 11.8 Å². The van der Waals surface area contributed by atoms with Crippen LogP contribution in [-0.4, -0.2) is 52.8 Å². The van der Waals surface area contributed by atoms with Gasteiger partial charge in [0.1, 0.15) is 0 Å². The van der Waals surface area contributed by atoms with Crippen LogP contribution in [0.1, 0.15) is 31.9 Å². The van der Waals surface area contributed by atoms with E-state index in [4.69, 9.17) is 0 Å². The molecule has 2 aromatic heterocycles. The Morgan fingerprint density at radius 1 is 1.24 bits per heavy atom. The van der Waals surface area contributed by atoms with Gasteiger partial charge in [-0.05, 0) is 43.2 Å². The number of nitrogens with one attached hydrogen (secondary N) is 1. The molecule has 8 heteroatoms. The van der Waals surface area contributed by atoms with Crippen molar-refractivity contribution in [3.05, 3.63) is 30.2 Å². The molecule has 0 radical (unpaired) electrons. The van der Waals surface area contributed by atoms with Crippen LogP contribution >= 0.6 is 0 Å². The second-order valence-corrected chi connectivity index (χ2v) is 9.18. The van der Waals surface area contributed by atoms with Crippen LogP contribution in [0.25, 0.3) is 5.65 Å². The maximum absolute atomic E-state index is 12.1. The van der Waals surface area contributed by atoms with Crippen molar-refractivity contribution >= 4 is 15.7 Å². The maximum atomic E-state index is 12.1. The summed E-state index contributed by atoms with van der Waals surface area (Å²) in [5, 5.41) is 4.60. The number of nitrogens with zero attached hydrogens (tertiary/aromatic N) is 4. The number of fused-ring (bicyclic) bond motifs is 3. The Morgan fingerprint density at radius 2 is 2.00 bits per heavy atom. The summed E-state index contributed by atoms with van der Waals surface area (Å²) >= 11 is 0. The molecule has 1 aliphatic heterocycles. The van der Waals surface area contributed by atoms with Crippen molar-refractivity contribution in [2.45, 2.75) is 38.8 Å². The molecular formula is C17H25N5O2S. The molecule has 2 fully saturated rings. The molecule has 136 valence electrons. The Kier molecular flexibility index (Phi) is 4.51. The topological polar surface area (TPSA) is 79.6 Å². The van der Waals surface area contributed by atoms with Gasteiger partial charge in [-0.15, -0.1) is 0 Å². The van der Waals surface area contributed by atoms with Gasteiger partial charge in [0.2, 0.25) is 10.0 Å². The first-order chi connectivity index (χ1) is 12.0. The number of aromatic nitrogens is 3. The molecule has 4 rings (SSSR count). The summed E-state index contributed by atoms with van der Waals surface area (Å²) in [6.45, 7) is 4.56. The molecule has 0 aromatic carbocycles. The Hall–Kier alpha value is -1.51. The number of rotatable bonds is 6. The zero-order valence-corrected chi connectivity index (χ0v) is 15.3. The number of hydrogen-bond acceptors (Lipinski definition) is 5. The second-order valence-electron chi connectivity index (χ2n) is 7.31. The number of likely N-dealkylation sites (tertiary alicyclic amines) is 1. The zero-order chi connectivity index (χ0) is 17.4. The van der Waals surface area contributed by atoms with Crippen molar-refractivity contribution in [1.82, 2.24) is 24.2 Å². The minimum absolute atomic E-state index is 0.108. The van der Waals surface area contributed by atoms with Crippen LogP contribution in [0.5, 0.6) is 0 Å². The van der Waals surface area contributed by atoms with E-state index in [2.05, 4.69) is 19.7 Å². The largest absolute Gasteiger partial charge is 0.297 e. The van der Waals surface area contributed by atoms with Gasteiger partial charge in [-0.3, -0.25) is 4.90 Å². The number of piperidine rings is 1. The van der Waals surface area contributed by atoms with E-state index in [1.165, 1.54) is 0 Å². The molecule has 3 heterocycles. The molecule has 2 aromatic rings. The summed E-state index contributed by atoms with van der Waals surface area (Å²) in [5.74, 6) is 1.03. The van der Waals surface area contributed by atoms with Gasteiger partial charge in [-0.25, -0.2) is 22.6 Å². The van der Waals surface area contributed by atoms with Crippen LogP contribution in [0.15, 0.2) is 24.5 Å². The fourth-order valence-corrected chi connectivity index (χ4v) is 5.80. The summed E-state index contributed by atoms with van der Waals surface area (Å²) in [6.07, 6.45) is 6.48. The third-order valence-electron chi connectivity index (χ3n) is 5.39. The third kappa shape index (κ3) is 3.56.